The molecule has 6 aromatic carbocycles. The van der Waals surface area contributed by atoms with E-state index in [1.54, 1.807) is 19.2 Å². The van der Waals surface area contributed by atoms with Crippen molar-refractivity contribution in [3.05, 3.63) is 148 Å². The summed E-state index contributed by atoms with van der Waals surface area (Å²) in [5.74, 6) is -8.47. The van der Waals surface area contributed by atoms with E-state index in [1.807, 2.05) is 24.3 Å². The number of halogens is 5. The Balaban J connectivity index is 1.22. The summed E-state index contributed by atoms with van der Waals surface area (Å²) in [6.07, 6.45) is 5.41. The molecule has 0 aromatic heterocycles. The second-order valence-corrected chi connectivity index (χ2v) is 16.4. The van der Waals surface area contributed by atoms with Gasteiger partial charge in [-0.25, -0.2) is 22.0 Å². The van der Waals surface area contributed by atoms with E-state index in [2.05, 4.69) is 78.3 Å². The highest BCUT2D eigenvalue weighted by Crippen LogP contribution is 2.61. The molecule has 3 aliphatic heterocycles. The van der Waals surface area contributed by atoms with Crippen LogP contribution in [0.4, 0.5) is 33.3 Å². The molecule has 2 saturated heterocycles. The van der Waals surface area contributed by atoms with Gasteiger partial charge in [0.15, 0.2) is 28.9 Å². The zero-order chi connectivity index (χ0) is 42.9. The lowest BCUT2D eigenvalue weighted by Crippen LogP contribution is -2.37. The number of ether oxygens (including phenoxy) is 4. The smallest absolute Gasteiger partial charge is 0.200 e. The van der Waals surface area contributed by atoms with Crippen LogP contribution in [0.2, 0.25) is 0 Å². The van der Waals surface area contributed by atoms with Gasteiger partial charge in [0.05, 0.1) is 39.1 Å². The molecule has 11 heteroatoms. The molecular formula is C51H45F5N2O4. The molecule has 1 unspecified atom stereocenters. The third kappa shape index (κ3) is 6.02. The summed E-state index contributed by atoms with van der Waals surface area (Å²) in [5.41, 5.74) is 5.51. The molecule has 6 aromatic rings. The Morgan fingerprint density at radius 1 is 0.613 bits per heavy atom. The number of hydrogen-bond donors (Lipinski definition) is 0. The van der Waals surface area contributed by atoms with Crippen molar-refractivity contribution in [1.82, 2.24) is 0 Å². The zero-order valence-corrected chi connectivity index (χ0v) is 34.7. The highest BCUT2D eigenvalue weighted by molar-refractivity contribution is 6.09. The Kier molecular flexibility index (Phi) is 10.0. The van der Waals surface area contributed by atoms with Crippen LogP contribution >= 0.6 is 0 Å². The van der Waals surface area contributed by atoms with Crippen molar-refractivity contribution < 1.29 is 40.9 Å². The van der Waals surface area contributed by atoms with Gasteiger partial charge in [-0.2, -0.15) is 0 Å². The van der Waals surface area contributed by atoms with Crippen LogP contribution in [0.25, 0.3) is 39.1 Å². The molecule has 10 rings (SSSR count). The van der Waals surface area contributed by atoms with Gasteiger partial charge < -0.3 is 28.7 Å². The summed E-state index contributed by atoms with van der Waals surface area (Å²) >= 11 is 0. The third-order valence-electron chi connectivity index (χ3n) is 13.6. The number of rotatable bonds is 8. The molecule has 62 heavy (non-hydrogen) atoms. The summed E-state index contributed by atoms with van der Waals surface area (Å²) in [4.78, 5) is 4.61. The Morgan fingerprint density at radius 3 is 1.77 bits per heavy atom. The van der Waals surface area contributed by atoms with Crippen LogP contribution in [-0.4, -0.2) is 59.7 Å². The number of fused-ring (bicyclic) bond motifs is 8. The molecule has 0 bridgehead atoms. The zero-order valence-electron chi connectivity index (χ0n) is 34.7. The Bertz CT molecular complexity index is 2730. The fraction of sp³-hybridized carbons (Fsp3) is 0.294. The maximum Gasteiger partial charge on any atom is 0.200 e. The van der Waals surface area contributed by atoms with Gasteiger partial charge in [0.2, 0.25) is 5.82 Å². The van der Waals surface area contributed by atoms with Crippen molar-refractivity contribution in [2.75, 3.05) is 69.5 Å². The predicted octanol–water partition coefficient (Wildman–Crippen LogP) is 11.3. The molecule has 0 amide bonds. The molecule has 6 nitrogen and oxygen atoms in total. The Morgan fingerprint density at radius 2 is 1.18 bits per heavy atom. The highest BCUT2D eigenvalue weighted by Gasteiger charge is 2.47. The molecule has 0 spiro atoms. The summed E-state index contributed by atoms with van der Waals surface area (Å²) in [7, 11) is 1.64. The Labute approximate surface area is 357 Å². The Hall–Kier alpha value is -5.91. The van der Waals surface area contributed by atoms with Gasteiger partial charge >= 0.3 is 0 Å². The average molecular weight is 845 g/mol. The monoisotopic (exact) mass is 844 g/mol. The van der Waals surface area contributed by atoms with Crippen molar-refractivity contribution >= 4 is 28.2 Å². The number of nitrogens with zero attached hydrogens (tertiary/aromatic N) is 2. The van der Waals surface area contributed by atoms with E-state index in [4.69, 9.17) is 18.9 Å². The molecule has 3 heterocycles. The molecule has 1 atom stereocenters. The molecule has 318 valence electrons. The predicted molar refractivity (Wildman–Crippen MR) is 232 cm³/mol. The van der Waals surface area contributed by atoms with E-state index < -0.39 is 45.7 Å². The number of morpholine rings is 2. The number of anilines is 2. The van der Waals surface area contributed by atoms with Crippen LogP contribution in [0.1, 0.15) is 54.5 Å². The van der Waals surface area contributed by atoms with Crippen LogP contribution in [-0.2, 0) is 20.5 Å². The van der Waals surface area contributed by atoms with Gasteiger partial charge in [-0.1, -0.05) is 62.4 Å². The van der Waals surface area contributed by atoms with Crippen LogP contribution in [0.3, 0.4) is 0 Å². The molecular weight excluding hydrogens is 800 g/mol. The maximum atomic E-state index is 15.4. The van der Waals surface area contributed by atoms with Crippen molar-refractivity contribution in [3.63, 3.8) is 0 Å². The van der Waals surface area contributed by atoms with E-state index in [0.717, 1.165) is 87.3 Å². The van der Waals surface area contributed by atoms with Gasteiger partial charge in [0, 0.05) is 65.0 Å². The summed E-state index contributed by atoms with van der Waals surface area (Å²) in [5, 5.41) is 1.80. The topological polar surface area (TPSA) is 43.4 Å². The maximum absolute atomic E-state index is 15.4. The normalized spacial score (nSPS) is 19.0. The third-order valence-corrected chi connectivity index (χ3v) is 13.6. The van der Waals surface area contributed by atoms with Gasteiger partial charge in [-0.3, -0.25) is 0 Å². The molecule has 1 aliphatic carbocycles. The van der Waals surface area contributed by atoms with Gasteiger partial charge in [-0.15, -0.1) is 0 Å². The number of methoxy groups -OCH3 is 1. The van der Waals surface area contributed by atoms with E-state index in [0.29, 0.717) is 50.8 Å². The van der Waals surface area contributed by atoms with Crippen LogP contribution in [0.5, 0.6) is 11.5 Å². The lowest BCUT2D eigenvalue weighted by molar-refractivity contribution is 0.122. The molecule has 0 radical (unpaired) electrons. The summed E-state index contributed by atoms with van der Waals surface area (Å²) < 4.78 is 98.9. The van der Waals surface area contributed by atoms with E-state index in [9.17, 15) is 13.2 Å². The summed E-state index contributed by atoms with van der Waals surface area (Å²) in [6.45, 7) is 9.74. The summed E-state index contributed by atoms with van der Waals surface area (Å²) in [6, 6.07) is 27.7. The molecule has 0 N–H and O–H groups in total. The molecule has 4 aliphatic rings. The fourth-order valence-corrected chi connectivity index (χ4v) is 10.3. The SMILES string of the molecule is CCC1(CC)c2cc(-c3c(F)c(F)c(F)c(F)c3F)ccc2-c2c1c1c(c3cc(N4CCOCC4)ccc23)OC(c2ccc(OC)cc2)(c2ccc(N3CCOCC3)cc2)C=C1. The number of hydrogen-bond acceptors (Lipinski definition) is 6. The van der Waals surface area contributed by atoms with Crippen molar-refractivity contribution in [2.45, 2.75) is 37.7 Å². The minimum absolute atomic E-state index is 0.0887. The van der Waals surface area contributed by atoms with Gasteiger partial charge in [0.25, 0.3) is 0 Å². The largest absolute Gasteiger partial charge is 0.497 e. The van der Waals surface area contributed by atoms with Gasteiger partial charge in [0.1, 0.15) is 11.5 Å². The van der Waals surface area contributed by atoms with Crippen LogP contribution < -0.4 is 19.3 Å². The second kappa shape index (κ2) is 15.5. The van der Waals surface area contributed by atoms with E-state index >= 15 is 8.78 Å². The lowest BCUT2D eigenvalue weighted by Gasteiger charge is -2.40. The first-order valence-corrected chi connectivity index (χ1v) is 21.2. The minimum atomic E-state index is -2.19. The first-order chi connectivity index (χ1) is 30.1. The average Bonchev–Trinajstić information content (AvgIpc) is 3.63. The fourth-order valence-electron chi connectivity index (χ4n) is 10.3. The van der Waals surface area contributed by atoms with Crippen molar-refractivity contribution in [2.24, 2.45) is 0 Å². The highest BCUT2D eigenvalue weighted by atomic mass is 19.2. The van der Waals surface area contributed by atoms with Gasteiger partial charge in [-0.05, 0) is 94.6 Å². The first-order valence-electron chi connectivity index (χ1n) is 21.2. The van der Waals surface area contributed by atoms with E-state index in [1.165, 1.54) is 6.07 Å². The quantitative estimate of drug-likeness (QED) is 0.0864. The first kappa shape index (κ1) is 40.2. The van der Waals surface area contributed by atoms with E-state index in [-0.39, 0.29) is 5.56 Å². The standard InChI is InChI=1S/C51H45F5N2O4/c1-4-50(5-2)40-28-30(41-44(52)46(54)48(56)47(55)45(41)53)6-16-37(40)42-36-17-13-34(58-22-26-61-27-23-58)29-39(36)49-38(43(42)50)18-19-51(62-49,32-9-14-35(59-3)15-10-32)31-7-11-33(12-8-31)57-20-24-60-25-21-57/h6-19,28-29H,4-5,20-27H2,1-3H3. The lowest BCUT2D eigenvalue weighted by atomic mass is 9.70. The van der Waals surface area contributed by atoms with Crippen molar-refractivity contribution in [3.8, 4) is 33.8 Å². The molecule has 0 saturated carbocycles. The second-order valence-electron chi connectivity index (χ2n) is 16.4. The van der Waals surface area contributed by atoms with Crippen LogP contribution in [0, 0.1) is 29.1 Å². The minimum Gasteiger partial charge on any atom is -0.497 e. The van der Waals surface area contributed by atoms with Crippen molar-refractivity contribution in [1.29, 1.82) is 0 Å². The number of benzene rings is 6. The molecule has 2 fully saturated rings. The van der Waals surface area contributed by atoms with Crippen LogP contribution in [0.15, 0.2) is 91.0 Å².